The Morgan fingerprint density at radius 3 is 2.54 bits per heavy atom. The smallest absolute Gasteiger partial charge is 0.276 e. The van der Waals surface area contributed by atoms with Gasteiger partial charge in [0, 0.05) is 31.7 Å². The van der Waals surface area contributed by atoms with Crippen LogP contribution in [0.1, 0.15) is 41.6 Å². The molecule has 10 nitrogen and oxygen atoms in total. The molecule has 2 N–H and O–H groups in total. The predicted octanol–water partition coefficient (Wildman–Crippen LogP) is 2.02. The molecule has 11 heteroatoms. The quantitative estimate of drug-likeness (QED) is 0.566. The van der Waals surface area contributed by atoms with Crippen LogP contribution in [-0.2, 0) is 10.3 Å². The topological polar surface area (TPSA) is 113 Å². The van der Waals surface area contributed by atoms with Gasteiger partial charge in [-0.05, 0) is 32.9 Å². The predicted molar refractivity (Wildman–Crippen MR) is 133 cm³/mol. The fourth-order valence-corrected chi connectivity index (χ4v) is 5.49. The second-order valence-corrected chi connectivity index (χ2v) is 10.9. The average Bonchev–Trinajstić information content (AvgIpc) is 3.52. The second kappa shape index (κ2) is 9.30. The summed E-state index contributed by atoms with van der Waals surface area (Å²) in [5.41, 5.74) is 0.953. The molecule has 2 aliphatic rings. The molecule has 0 bridgehead atoms. The zero-order valence-electron chi connectivity index (χ0n) is 20.1. The number of aliphatic hydroxyl groups excluding tert-OH is 1. The Bertz CT molecular complexity index is 1230. The Hall–Kier alpha value is -2.86. The van der Waals surface area contributed by atoms with E-state index in [1.165, 1.54) is 11.3 Å². The van der Waals surface area contributed by atoms with Crippen LogP contribution in [0.3, 0.4) is 0 Å². The minimum atomic E-state index is -0.626. The molecule has 186 valence electrons. The monoisotopic (exact) mass is 498 g/mol. The zero-order chi connectivity index (χ0) is 24.7. The summed E-state index contributed by atoms with van der Waals surface area (Å²) < 4.78 is 7.78. The molecule has 0 radical (unpaired) electrons. The Balaban J connectivity index is 1.43. The lowest BCUT2D eigenvalue weighted by Crippen LogP contribution is -2.49. The Morgan fingerprint density at radius 1 is 1.14 bits per heavy atom. The number of thiazole rings is 1. The summed E-state index contributed by atoms with van der Waals surface area (Å²) in [6, 6.07) is 8.80. The van der Waals surface area contributed by atoms with Crippen LogP contribution < -0.4 is 5.32 Å². The molecule has 0 aliphatic carbocycles. The van der Waals surface area contributed by atoms with Gasteiger partial charge in [-0.1, -0.05) is 29.5 Å². The first kappa shape index (κ1) is 23.9. The number of likely N-dealkylation sites (tertiary alicyclic amines) is 1. The van der Waals surface area contributed by atoms with Crippen LogP contribution in [0.2, 0.25) is 0 Å². The van der Waals surface area contributed by atoms with Crippen molar-refractivity contribution in [1.82, 2.24) is 24.6 Å². The van der Waals surface area contributed by atoms with E-state index in [1.807, 2.05) is 26.8 Å². The summed E-state index contributed by atoms with van der Waals surface area (Å²) >= 11 is 1.24. The van der Waals surface area contributed by atoms with Crippen molar-refractivity contribution < 1.29 is 19.4 Å². The molecule has 2 saturated heterocycles. The molecule has 2 atom stereocenters. The van der Waals surface area contributed by atoms with Crippen molar-refractivity contribution >= 4 is 38.6 Å². The number of hydrogen-bond acceptors (Lipinski definition) is 8. The number of carbonyl (C=O) groups excluding carboxylic acids is 2. The first-order valence-electron chi connectivity index (χ1n) is 11.8. The van der Waals surface area contributed by atoms with E-state index < -0.39 is 11.6 Å². The number of aromatic nitrogens is 3. The van der Waals surface area contributed by atoms with Crippen molar-refractivity contribution in [1.29, 1.82) is 0 Å². The van der Waals surface area contributed by atoms with Crippen molar-refractivity contribution in [3.05, 3.63) is 41.6 Å². The number of hydrogen-bond donors (Lipinski definition) is 2. The average molecular weight is 499 g/mol. The number of carbonyl (C=O) groups is 2. The summed E-state index contributed by atoms with van der Waals surface area (Å²) in [6.45, 7) is 9.40. The highest BCUT2D eigenvalue weighted by Crippen LogP contribution is 2.33. The maximum absolute atomic E-state index is 13.6. The van der Waals surface area contributed by atoms with Crippen LogP contribution in [0.4, 0.5) is 5.13 Å². The molecule has 2 fully saturated rings. The summed E-state index contributed by atoms with van der Waals surface area (Å²) in [6.07, 6.45) is -0.626. The number of fused-ring (bicyclic) bond motifs is 1. The molecule has 3 aromatic rings. The highest BCUT2D eigenvalue weighted by molar-refractivity contribution is 7.22. The maximum Gasteiger partial charge on any atom is 0.276 e. The highest BCUT2D eigenvalue weighted by atomic mass is 32.1. The highest BCUT2D eigenvalue weighted by Gasteiger charge is 2.40. The summed E-state index contributed by atoms with van der Waals surface area (Å²) in [5.74, 6) is -0.501. The van der Waals surface area contributed by atoms with Gasteiger partial charge in [0.2, 0.25) is 0 Å². The normalized spacial score (nSPS) is 21.5. The molecule has 5 rings (SSSR count). The van der Waals surface area contributed by atoms with E-state index in [-0.39, 0.29) is 24.4 Å². The third kappa shape index (κ3) is 4.68. The van der Waals surface area contributed by atoms with Gasteiger partial charge in [-0.15, -0.1) is 0 Å². The lowest BCUT2D eigenvalue weighted by atomic mass is 10.1. The minimum Gasteiger partial charge on any atom is -0.390 e. The molecular formula is C24H30N6O4S. The number of β-amino-alcohol motifs (C(OH)–C–C–N with tert-alkyl or cyclic N) is 1. The van der Waals surface area contributed by atoms with Crippen molar-refractivity contribution in [2.24, 2.45) is 0 Å². The molecule has 1 aromatic carbocycles. The van der Waals surface area contributed by atoms with Crippen molar-refractivity contribution in [3.63, 3.8) is 0 Å². The lowest BCUT2D eigenvalue weighted by molar-refractivity contribution is -0.00611. The summed E-state index contributed by atoms with van der Waals surface area (Å²) in [7, 11) is 0. The fraction of sp³-hybridized carbons (Fsp3) is 0.500. The van der Waals surface area contributed by atoms with Gasteiger partial charge in [-0.25, -0.2) is 4.68 Å². The largest absolute Gasteiger partial charge is 0.390 e. The Labute approximate surface area is 207 Å². The molecule has 4 heterocycles. The Kier molecular flexibility index (Phi) is 6.34. The first-order chi connectivity index (χ1) is 16.7. The molecule has 0 unspecified atom stereocenters. The van der Waals surface area contributed by atoms with Crippen molar-refractivity contribution in [2.45, 2.75) is 38.5 Å². The van der Waals surface area contributed by atoms with Gasteiger partial charge in [0.25, 0.3) is 11.8 Å². The second-order valence-electron chi connectivity index (χ2n) is 9.92. The van der Waals surface area contributed by atoms with Crippen molar-refractivity contribution in [2.75, 3.05) is 44.7 Å². The zero-order valence-corrected chi connectivity index (χ0v) is 20.9. The number of morpholine rings is 1. The van der Waals surface area contributed by atoms with E-state index in [4.69, 9.17) is 4.74 Å². The van der Waals surface area contributed by atoms with E-state index in [1.54, 1.807) is 33.8 Å². The fourth-order valence-electron chi connectivity index (χ4n) is 4.58. The summed E-state index contributed by atoms with van der Waals surface area (Å²) in [4.78, 5) is 34.8. The molecule has 2 aliphatic heterocycles. The van der Waals surface area contributed by atoms with Gasteiger partial charge < -0.3 is 14.7 Å². The number of benzene rings is 1. The van der Waals surface area contributed by atoms with Crippen LogP contribution in [0.5, 0.6) is 0 Å². The lowest BCUT2D eigenvalue weighted by Gasteiger charge is -2.33. The molecule has 2 amide bonds. The number of nitrogens with zero attached hydrogens (tertiary/aromatic N) is 5. The number of ether oxygens (including phenoxy) is 1. The summed E-state index contributed by atoms with van der Waals surface area (Å²) in [5, 5.41) is 18.6. The maximum atomic E-state index is 13.6. The van der Waals surface area contributed by atoms with Crippen LogP contribution in [0, 0.1) is 0 Å². The van der Waals surface area contributed by atoms with Gasteiger partial charge in [0.1, 0.15) is 4.70 Å². The SMILES string of the molecule is CC(C)(C)n1nc(C(=O)N2C[C@H](O)[C@@H](N3CCOCC3)C2)c2sc(NC(=O)c3ccccc3)nc21. The number of rotatable bonds is 4. The number of nitrogens with one attached hydrogen (secondary N) is 1. The van der Waals surface area contributed by atoms with Crippen molar-refractivity contribution in [3.8, 4) is 0 Å². The van der Waals surface area contributed by atoms with E-state index in [0.29, 0.717) is 46.5 Å². The number of aliphatic hydroxyl groups is 1. The van der Waals surface area contributed by atoms with E-state index >= 15 is 0 Å². The molecular weight excluding hydrogens is 468 g/mol. The van der Waals surface area contributed by atoms with E-state index in [9.17, 15) is 14.7 Å². The van der Waals surface area contributed by atoms with Gasteiger partial charge in [-0.3, -0.25) is 19.8 Å². The molecule has 35 heavy (non-hydrogen) atoms. The van der Waals surface area contributed by atoms with Crippen LogP contribution in [0.15, 0.2) is 30.3 Å². The van der Waals surface area contributed by atoms with Gasteiger partial charge >= 0.3 is 0 Å². The van der Waals surface area contributed by atoms with Crippen LogP contribution in [0.25, 0.3) is 10.3 Å². The van der Waals surface area contributed by atoms with Crippen LogP contribution >= 0.6 is 11.3 Å². The van der Waals surface area contributed by atoms with Crippen LogP contribution in [-0.4, -0.2) is 93.0 Å². The van der Waals surface area contributed by atoms with Gasteiger partial charge in [-0.2, -0.15) is 10.1 Å². The van der Waals surface area contributed by atoms with E-state index in [2.05, 4.69) is 20.3 Å². The van der Waals surface area contributed by atoms with E-state index in [0.717, 1.165) is 13.1 Å². The number of anilines is 1. The molecule has 0 saturated carbocycles. The number of amides is 2. The van der Waals surface area contributed by atoms with Gasteiger partial charge in [0.05, 0.1) is 30.9 Å². The first-order valence-corrected chi connectivity index (χ1v) is 12.6. The molecule has 2 aromatic heterocycles. The third-order valence-electron chi connectivity index (χ3n) is 6.38. The standard InChI is InChI=1S/C24H30N6O4S/c1-24(2,3)30-20-19(35-23(25-20)26-21(32)15-7-5-4-6-8-15)18(27-30)22(33)29-13-16(17(31)14-29)28-9-11-34-12-10-28/h4-8,16-17,31H,9-14H2,1-3H3,(H,25,26,32)/t16-,17-/m0/s1. The van der Waals surface area contributed by atoms with Gasteiger partial charge in [0.15, 0.2) is 16.5 Å². The third-order valence-corrected chi connectivity index (χ3v) is 7.35. The Morgan fingerprint density at radius 2 is 1.86 bits per heavy atom. The minimum absolute atomic E-state index is 0.120. The molecule has 0 spiro atoms.